The Kier molecular flexibility index (Phi) is 2.48. The topological polar surface area (TPSA) is 42.4 Å². The minimum atomic E-state index is -0.382. The summed E-state index contributed by atoms with van der Waals surface area (Å²) in [5.74, 6) is 0.329. The first kappa shape index (κ1) is 7.31. The van der Waals surface area contributed by atoms with E-state index in [0.29, 0.717) is 11.0 Å². The second-order valence-corrected chi connectivity index (χ2v) is 1.96. The normalized spacial score (nSPS) is 9.40. The van der Waals surface area contributed by atoms with Gasteiger partial charge in [0.05, 0.1) is 0 Å². The molecule has 1 N–H and O–H groups in total. The van der Waals surface area contributed by atoms with E-state index >= 15 is 0 Å². The highest BCUT2D eigenvalue weighted by Crippen LogP contribution is 2.10. The first-order valence-electron chi connectivity index (χ1n) is 2.69. The van der Waals surface area contributed by atoms with Crippen molar-refractivity contribution in [3.63, 3.8) is 0 Å². The molecule has 0 aliphatic heterocycles. The van der Waals surface area contributed by atoms with Crippen molar-refractivity contribution < 1.29 is 9.84 Å². The second kappa shape index (κ2) is 3.39. The van der Waals surface area contributed by atoms with E-state index in [0.717, 1.165) is 0 Å². The van der Waals surface area contributed by atoms with Crippen molar-refractivity contribution >= 4 is 11.6 Å². The third-order valence-corrected chi connectivity index (χ3v) is 1.11. The van der Waals surface area contributed by atoms with Crippen LogP contribution < -0.4 is 4.74 Å². The quantitative estimate of drug-likeness (QED) is 0.519. The van der Waals surface area contributed by atoms with Gasteiger partial charge >= 0.3 is 0 Å². The molecule has 1 rings (SSSR count). The molecule has 0 saturated heterocycles. The van der Waals surface area contributed by atoms with Crippen LogP contribution in [0.3, 0.4) is 0 Å². The lowest BCUT2D eigenvalue weighted by atomic mass is 10.5. The van der Waals surface area contributed by atoms with Crippen molar-refractivity contribution in [1.82, 2.24) is 4.98 Å². The number of hydrogen-bond donors (Lipinski definition) is 1. The summed E-state index contributed by atoms with van der Waals surface area (Å²) in [7, 11) is 0. The van der Waals surface area contributed by atoms with Gasteiger partial charge in [0.25, 0.3) is 0 Å². The lowest BCUT2D eigenvalue weighted by molar-refractivity contribution is 0.0941. The molecule has 4 heteroatoms. The van der Waals surface area contributed by atoms with Crippen LogP contribution in [0.5, 0.6) is 5.88 Å². The van der Waals surface area contributed by atoms with Gasteiger partial charge in [-0.25, -0.2) is 4.98 Å². The Morgan fingerprint density at radius 3 is 3.00 bits per heavy atom. The fourth-order valence-corrected chi connectivity index (χ4v) is 0.692. The maximum atomic E-state index is 8.31. The third kappa shape index (κ3) is 1.86. The molecule has 54 valence electrons. The van der Waals surface area contributed by atoms with Crippen LogP contribution in [0.2, 0.25) is 5.15 Å². The predicted octanol–water partition coefficient (Wildman–Crippen LogP) is 1.06. The van der Waals surface area contributed by atoms with Crippen molar-refractivity contribution in [2.75, 3.05) is 6.79 Å². The van der Waals surface area contributed by atoms with E-state index in [1.807, 2.05) is 0 Å². The van der Waals surface area contributed by atoms with Crippen molar-refractivity contribution in [3.8, 4) is 5.88 Å². The number of nitrogens with zero attached hydrogens (tertiary/aromatic N) is 1. The van der Waals surface area contributed by atoms with Crippen LogP contribution in [0.4, 0.5) is 0 Å². The molecule has 0 aliphatic carbocycles. The van der Waals surface area contributed by atoms with Gasteiger partial charge in [-0.2, -0.15) is 0 Å². The molecule has 3 nitrogen and oxygen atoms in total. The van der Waals surface area contributed by atoms with Crippen molar-refractivity contribution in [1.29, 1.82) is 0 Å². The molecule has 1 aromatic heterocycles. The van der Waals surface area contributed by atoms with Gasteiger partial charge in [-0.05, 0) is 6.07 Å². The lowest BCUT2D eigenvalue weighted by Crippen LogP contribution is -1.96. The molecule has 0 saturated carbocycles. The molecule has 1 heterocycles. The second-order valence-electron chi connectivity index (χ2n) is 1.57. The monoisotopic (exact) mass is 159 g/mol. The molecule has 10 heavy (non-hydrogen) atoms. The highest BCUT2D eigenvalue weighted by molar-refractivity contribution is 6.29. The Hall–Kier alpha value is -0.800. The van der Waals surface area contributed by atoms with E-state index < -0.39 is 0 Å². The molecule has 1 aromatic rings. The molecule has 0 fully saturated rings. The minimum Gasteiger partial charge on any atom is -0.451 e. The zero-order chi connectivity index (χ0) is 7.40. The molecule has 0 aliphatic rings. The molecule has 0 bridgehead atoms. The maximum Gasteiger partial charge on any atom is 0.216 e. The molecular weight excluding hydrogens is 154 g/mol. The third-order valence-electron chi connectivity index (χ3n) is 0.902. The summed E-state index contributed by atoms with van der Waals surface area (Å²) < 4.78 is 4.65. The predicted molar refractivity (Wildman–Crippen MR) is 37.0 cm³/mol. The van der Waals surface area contributed by atoms with E-state index in [1.165, 1.54) is 0 Å². The molecule has 0 unspecified atom stereocenters. The van der Waals surface area contributed by atoms with Crippen LogP contribution in [0.15, 0.2) is 18.2 Å². The Balaban J connectivity index is 2.75. The van der Waals surface area contributed by atoms with Crippen LogP contribution in [-0.2, 0) is 0 Å². The van der Waals surface area contributed by atoms with Crippen LogP contribution >= 0.6 is 11.6 Å². The first-order chi connectivity index (χ1) is 4.83. The highest BCUT2D eigenvalue weighted by Gasteiger charge is 1.92. The van der Waals surface area contributed by atoms with Crippen LogP contribution in [0.1, 0.15) is 0 Å². The van der Waals surface area contributed by atoms with Crippen LogP contribution in [0.25, 0.3) is 0 Å². The molecule has 0 radical (unpaired) electrons. The van der Waals surface area contributed by atoms with Gasteiger partial charge in [0.1, 0.15) is 5.15 Å². The Morgan fingerprint density at radius 1 is 1.60 bits per heavy atom. The number of aliphatic hydroxyl groups is 1. The Morgan fingerprint density at radius 2 is 2.40 bits per heavy atom. The fourth-order valence-electron chi connectivity index (χ4n) is 0.536. The van der Waals surface area contributed by atoms with Gasteiger partial charge in [0, 0.05) is 6.07 Å². The van der Waals surface area contributed by atoms with Gasteiger partial charge < -0.3 is 9.84 Å². The van der Waals surface area contributed by atoms with Crippen LogP contribution in [0, 0.1) is 0 Å². The largest absolute Gasteiger partial charge is 0.451 e. The van der Waals surface area contributed by atoms with E-state index in [9.17, 15) is 0 Å². The summed E-state index contributed by atoms with van der Waals surface area (Å²) in [5.41, 5.74) is 0. The summed E-state index contributed by atoms with van der Waals surface area (Å²) >= 11 is 5.51. The van der Waals surface area contributed by atoms with E-state index in [2.05, 4.69) is 9.72 Å². The summed E-state index contributed by atoms with van der Waals surface area (Å²) in [6, 6.07) is 4.94. The van der Waals surface area contributed by atoms with E-state index in [1.54, 1.807) is 18.2 Å². The van der Waals surface area contributed by atoms with Gasteiger partial charge in [0.2, 0.25) is 5.88 Å². The van der Waals surface area contributed by atoms with Crippen molar-refractivity contribution in [2.45, 2.75) is 0 Å². The molecular formula is C6H6ClNO2. The highest BCUT2D eigenvalue weighted by atomic mass is 35.5. The summed E-state index contributed by atoms with van der Waals surface area (Å²) in [4.78, 5) is 3.75. The number of rotatable bonds is 2. The smallest absolute Gasteiger partial charge is 0.216 e. The number of aromatic nitrogens is 1. The van der Waals surface area contributed by atoms with Crippen LogP contribution in [-0.4, -0.2) is 16.9 Å². The minimum absolute atomic E-state index is 0.329. The molecule has 0 spiro atoms. The number of halogens is 1. The fraction of sp³-hybridized carbons (Fsp3) is 0.167. The van der Waals surface area contributed by atoms with Crippen molar-refractivity contribution in [2.24, 2.45) is 0 Å². The summed E-state index contributed by atoms with van der Waals surface area (Å²) in [6.45, 7) is -0.382. The number of aliphatic hydroxyl groups excluding tert-OH is 1. The first-order valence-corrected chi connectivity index (χ1v) is 3.07. The lowest BCUT2D eigenvalue weighted by Gasteiger charge is -1.98. The maximum absolute atomic E-state index is 8.31. The van der Waals surface area contributed by atoms with Gasteiger partial charge in [0.15, 0.2) is 6.79 Å². The average molecular weight is 160 g/mol. The standard InChI is InChI=1S/C6H6ClNO2/c7-5-2-1-3-6(8-5)10-4-9/h1-3,9H,4H2. The van der Waals surface area contributed by atoms with Gasteiger partial charge in [-0.3, -0.25) is 0 Å². The zero-order valence-corrected chi connectivity index (χ0v) is 5.88. The zero-order valence-electron chi connectivity index (χ0n) is 5.12. The summed E-state index contributed by atoms with van der Waals surface area (Å²) in [6.07, 6.45) is 0. The summed E-state index contributed by atoms with van der Waals surface area (Å²) in [5, 5.41) is 8.66. The van der Waals surface area contributed by atoms with Gasteiger partial charge in [-0.15, -0.1) is 0 Å². The van der Waals surface area contributed by atoms with Gasteiger partial charge in [-0.1, -0.05) is 17.7 Å². The Labute approximate surface area is 63.2 Å². The van der Waals surface area contributed by atoms with E-state index in [-0.39, 0.29) is 6.79 Å². The molecule has 0 aromatic carbocycles. The Bertz CT molecular complexity index is 217. The molecule has 0 atom stereocenters. The van der Waals surface area contributed by atoms with Crippen molar-refractivity contribution in [3.05, 3.63) is 23.4 Å². The molecule has 0 amide bonds. The van der Waals surface area contributed by atoms with E-state index in [4.69, 9.17) is 16.7 Å². The number of pyridine rings is 1. The average Bonchev–Trinajstić information content (AvgIpc) is 1.88. The number of hydrogen-bond acceptors (Lipinski definition) is 3. The SMILES string of the molecule is OCOc1cccc(Cl)n1. The number of ether oxygens (including phenoxy) is 1.